The highest BCUT2D eigenvalue weighted by molar-refractivity contribution is 5.35. The van der Waals surface area contributed by atoms with Gasteiger partial charge in [0.15, 0.2) is 0 Å². The van der Waals surface area contributed by atoms with Gasteiger partial charge in [0.25, 0.3) is 0 Å². The fraction of sp³-hybridized carbons (Fsp3) is 0.571. The van der Waals surface area contributed by atoms with E-state index in [0.717, 1.165) is 18.9 Å². The summed E-state index contributed by atoms with van der Waals surface area (Å²) in [7, 11) is 0. The second-order valence-corrected chi connectivity index (χ2v) is 5.36. The first-order valence-corrected chi connectivity index (χ1v) is 6.39. The lowest BCUT2D eigenvalue weighted by Crippen LogP contribution is -2.45. The van der Waals surface area contributed by atoms with Crippen LogP contribution in [0.25, 0.3) is 0 Å². The van der Waals surface area contributed by atoms with E-state index in [9.17, 15) is 18.3 Å². The number of aliphatic hydroxyl groups excluding tert-OH is 1. The van der Waals surface area contributed by atoms with E-state index in [-0.39, 0.29) is 12.2 Å². The topological polar surface area (TPSA) is 32.3 Å². The molecule has 106 valence electrons. The third-order valence-corrected chi connectivity index (χ3v) is 3.62. The van der Waals surface area contributed by atoms with Crippen molar-refractivity contribution in [1.82, 2.24) is 5.32 Å². The number of aliphatic hydroxyl groups is 1. The number of benzene rings is 1. The number of rotatable bonds is 5. The van der Waals surface area contributed by atoms with Gasteiger partial charge in [0, 0.05) is 0 Å². The van der Waals surface area contributed by atoms with Gasteiger partial charge in [-0.15, -0.1) is 0 Å². The van der Waals surface area contributed by atoms with Gasteiger partial charge >= 0.3 is 6.18 Å². The Morgan fingerprint density at radius 3 is 2.26 bits per heavy atom. The Labute approximate surface area is 110 Å². The smallest absolute Gasteiger partial charge is 0.394 e. The van der Waals surface area contributed by atoms with Crippen LogP contribution in [0.15, 0.2) is 24.3 Å². The maximum atomic E-state index is 13.0. The molecule has 19 heavy (non-hydrogen) atoms. The van der Waals surface area contributed by atoms with Crippen LogP contribution < -0.4 is 5.32 Å². The lowest BCUT2D eigenvalue weighted by atomic mass is 9.88. The first kappa shape index (κ1) is 14.3. The minimum absolute atomic E-state index is 0.102. The molecule has 0 aromatic heterocycles. The largest absolute Gasteiger partial charge is 0.416 e. The summed E-state index contributed by atoms with van der Waals surface area (Å²) in [5.41, 5.74) is -1.64. The summed E-state index contributed by atoms with van der Waals surface area (Å²) in [5, 5.41) is 12.6. The van der Waals surface area contributed by atoms with Crippen molar-refractivity contribution < 1.29 is 18.3 Å². The molecule has 1 aliphatic rings. The molecule has 0 amide bonds. The molecule has 0 aliphatic heterocycles. The summed E-state index contributed by atoms with van der Waals surface area (Å²) in [6, 6.07) is 5.42. The molecular formula is C14H18F3NO. The van der Waals surface area contributed by atoms with Gasteiger partial charge in [-0.05, 0) is 43.9 Å². The van der Waals surface area contributed by atoms with E-state index in [4.69, 9.17) is 0 Å². The van der Waals surface area contributed by atoms with E-state index < -0.39 is 17.3 Å². The number of hydrogen-bond donors (Lipinski definition) is 2. The van der Waals surface area contributed by atoms with Gasteiger partial charge in [0.1, 0.15) is 0 Å². The van der Waals surface area contributed by atoms with Crippen molar-refractivity contribution >= 4 is 0 Å². The fourth-order valence-corrected chi connectivity index (χ4v) is 2.14. The Balaban J connectivity index is 2.30. The fourth-order valence-electron chi connectivity index (χ4n) is 2.14. The van der Waals surface area contributed by atoms with Crippen molar-refractivity contribution in [2.45, 2.75) is 31.5 Å². The lowest BCUT2D eigenvalue weighted by Gasteiger charge is -2.32. The molecule has 0 bridgehead atoms. The van der Waals surface area contributed by atoms with Crippen molar-refractivity contribution in [1.29, 1.82) is 0 Å². The van der Waals surface area contributed by atoms with Gasteiger partial charge in [-0.1, -0.05) is 18.2 Å². The van der Waals surface area contributed by atoms with E-state index in [2.05, 4.69) is 5.32 Å². The Bertz CT molecular complexity index is 443. The molecule has 2 N–H and O–H groups in total. The molecule has 1 fully saturated rings. The summed E-state index contributed by atoms with van der Waals surface area (Å²) >= 11 is 0. The predicted octanol–water partition coefficient (Wildman–Crippen LogP) is 2.91. The standard InChI is InChI=1S/C14H18F3NO/c1-13(9-19,18-8-10-6-7-10)11-4-2-3-5-12(11)14(15,16)17/h2-5,10,18-19H,6-9H2,1H3. The van der Waals surface area contributed by atoms with Crippen molar-refractivity contribution in [3.8, 4) is 0 Å². The molecule has 1 unspecified atom stereocenters. The Morgan fingerprint density at radius 2 is 1.79 bits per heavy atom. The molecule has 5 heteroatoms. The molecule has 2 rings (SSSR count). The van der Waals surface area contributed by atoms with Crippen molar-refractivity contribution in [3.05, 3.63) is 35.4 Å². The average Bonchev–Trinajstić information content (AvgIpc) is 3.19. The van der Waals surface area contributed by atoms with E-state index >= 15 is 0 Å². The minimum Gasteiger partial charge on any atom is -0.394 e. The van der Waals surface area contributed by atoms with E-state index in [1.165, 1.54) is 12.1 Å². The minimum atomic E-state index is -4.41. The highest BCUT2D eigenvalue weighted by atomic mass is 19.4. The van der Waals surface area contributed by atoms with Crippen LogP contribution in [0.4, 0.5) is 13.2 Å². The normalized spacial score (nSPS) is 19.2. The van der Waals surface area contributed by atoms with Crippen LogP contribution in [0, 0.1) is 5.92 Å². The monoisotopic (exact) mass is 273 g/mol. The zero-order valence-electron chi connectivity index (χ0n) is 10.8. The first-order valence-electron chi connectivity index (χ1n) is 6.39. The van der Waals surface area contributed by atoms with Gasteiger partial charge in [-0.2, -0.15) is 13.2 Å². The number of alkyl halides is 3. The molecule has 1 aromatic carbocycles. The van der Waals surface area contributed by atoms with E-state index in [1.807, 2.05) is 0 Å². The molecule has 1 aliphatic carbocycles. The van der Waals surface area contributed by atoms with Crippen LogP contribution in [0.3, 0.4) is 0 Å². The van der Waals surface area contributed by atoms with Gasteiger partial charge in [-0.3, -0.25) is 0 Å². The van der Waals surface area contributed by atoms with Crippen LogP contribution >= 0.6 is 0 Å². The summed E-state index contributed by atoms with van der Waals surface area (Å²) in [6.07, 6.45) is -2.20. The molecule has 0 saturated heterocycles. The zero-order valence-corrected chi connectivity index (χ0v) is 10.8. The Hall–Kier alpha value is -1.07. The first-order chi connectivity index (χ1) is 8.87. The van der Waals surface area contributed by atoms with Crippen LogP contribution in [0.2, 0.25) is 0 Å². The van der Waals surface area contributed by atoms with Crippen molar-refractivity contribution in [2.24, 2.45) is 5.92 Å². The molecule has 0 radical (unpaired) electrons. The molecule has 1 saturated carbocycles. The average molecular weight is 273 g/mol. The molecule has 1 aromatic rings. The van der Waals surface area contributed by atoms with Gasteiger partial charge in [-0.25, -0.2) is 0 Å². The summed E-state index contributed by atoms with van der Waals surface area (Å²) in [6.45, 7) is 1.88. The van der Waals surface area contributed by atoms with Crippen LogP contribution in [0.5, 0.6) is 0 Å². The van der Waals surface area contributed by atoms with Crippen molar-refractivity contribution in [3.63, 3.8) is 0 Å². The molecule has 0 spiro atoms. The third kappa shape index (κ3) is 3.28. The Kier molecular flexibility index (Phi) is 3.87. The SMILES string of the molecule is CC(CO)(NCC1CC1)c1ccccc1C(F)(F)F. The van der Waals surface area contributed by atoms with Crippen LogP contribution in [-0.4, -0.2) is 18.3 Å². The van der Waals surface area contributed by atoms with Gasteiger partial charge in [0.2, 0.25) is 0 Å². The maximum absolute atomic E-state index is 13.0. The van der Waals surface area contributed by atoms with Crippen molar-refractivity contribution in [2.75, 3.05) is 13.2 Å². The predicted molar refractivity (Wildman–Crippen MR) is 66.6 cm³/mol. The summed E-state index contributed by atoms with van der Waals surface area (Å²) < 4.78 is 39.1. The third-order valence-electron chi connectivity index (χ3n) is 3.62. The number of hydrogen-bond acceptors (Lipinski definition) is 2. The highest BCUT2D eigenvalue weighted by Crippen LogP contribution is 2.37. The Morgan fingerprint density at radius 1 is 1.21 bits per heavy atom. The van der Waals surface area contributed by atoms with Gasteiger partial charge in [0.05, 0.1) is 17.7 Å². The van der Waals surface area contributed by atoms with E-state index in [0.29, 0.717) is 12.5 Å². The van der Waals surface area contributed by atoms with Crippen LogP contribution in [0.1, 0.15) is 30.9 Å². The zero-order chi connectivity index (χ0) is 14.1. The highest BCUT2D eigenvalue weighted by Gasteiger charge is 2.39. The number of nitrogens with one attached hydrogen (secondary N) is 1. The molecule has 1 atom stereocenters. The van der Waals surface area contributed by atoms with E-state index in [1.54, 1.807) is 13.0 Å². The molecule has 2 nitrogen and oxygen atoms in total. The van der Waals surface area contributed by atoms with Gasteiger partial charge < -0.3 is 10.4 Å². The molecular weight excluding hydrogens is 255 g/mol. The summed E-state index contributed by atoms with van der Waals surface area (Å²) in [4.78, 5) is 0. The quantitative estimate of drug-likeness (QED) is 0.864. The molecule has 0 heterocycles. The second-order valence-electron chi connectivity index (χ2n) is 5.36. The van der Waals surface area contributed by atoms with Crippen LogP contribution in [-0.2, 0) is 11.7 Å². The lowest BCUT2D eigenvalue weighted by molar-refractivity contribution is -0.139. The maximum Gasteiger partial charge on any atom is 0.416 e. The summed E-state index contributed by atoms with van der Waals surface area (Å²) in [5.74, 6) is 0.531. The second kappa shape index (κ2) is 5.13. The number of halogens is 3.